The van der Waals surface area contributed by atoms with Crippen molar-refractivity contribution in [2.75, 3.05) is 28.6 Å². The van der Waals surface area contributed by atoms with Crippen molar-refractivity contribution >= 4 is 50.8 Å². The zero-order valence-corrected chi connectivity index (χ0v) is 33.7. The van der Waals surface area contributed by atoms with Gasteiger partial charge < -0.3 is 42.2 Å². The molecule has 16 heteroatoms. The first-order valence-corrected chi connectivity index (χ1v) is 20.6. The van der Waals surface area contributed by atoms with Gasteiger partial charge in [-0.2, -0.15) is 0 Å². The fraction of sp³-hybridized carbons (Fsp3) is 0.349. The number of carbonyl (C=O) groups is 4. The average molecular weight is 835 g/mol. The standard InChI is InChI=1S/C43H48N4O8S.3H2O/c1-28(31-16-18-33(19-17-31)43(52)53)46-56(54,55)37-7-5-6-34(26-37)40(48)45-39-23-22-36(47-24-3-2-4-25-47)27-38(39)41(49)44-35-20-12-30(13-21-35)9-8-29-10-14-32(15-11-29)42(50)51;;;/h5-7,10-15,20-23,26-28,31,33,46H,2-4,8-9,16-19,24-25H2,1H3,(H,44,49)(H,45,48)(H,50,51)(H,52,53);3*1H2. The molecule has 4 aromatic carbocycles. The van der Waals surface area contributed by atoms with Gasteiger partial charge >= 0.3 is 11.9 Å². The lowest BCUT2D eigenvalue weighted by Gasteiger charge is -2.30. The summed E-state index contributed by atoms with van der Waals surface area (Å²) in [4.78, 5) is 52.2. The van der Waals surface area contributed by atoms with Crippen molar-refractivity contribution in [2.45, 2.75) is 75.6 Å². The minimum Gasteiger partial charge on any atom is -0.481 e. The Balaban J connectivity index is 0.00000310. The molecule has 0 bridgehead atoms. The molecule has 1 aliphatic carbocycles. The molecule has 6 rings (SSSR count). The minimum atomic E-state index is -4.00. The van der Waals surface area contributed by atoms with E-state index < -0.39 is 45.7 Å². The third kappa shape index (κ3) is 12.4. The summed E-state index contributed by atoms with van der Waals surface area (Å²) in [5, 5.41) is 24.3. The summed E-state index contributed by atoms with van der Waals surface area (Å²) in [5.74, 6) is -3.18. The van der Waals surface area contributed by atoms with Crippen LogP contribution in [0.4, 0.5) is 17.1 Å². The third-order valence-corrected chi connectivity index (χ3v) is 12.5. The fourth-order valence-electron chi connectivity index (χ4n) is 7.51. The lowest BCUT2D eigenvalue weighted by molar-refractivity contribution is -0.143. The van der Waals surface area contributed by atoms with Crippen LogP contribution < -0.4 is 20.3 Å². The first-order valence-electron chi connectivity index (χ1n) is 19.1. The molecule has 318 valence electrons. The lowest BCUT2D eigenvalue weighted by Crippen LogP contribution is -2.40. The zero-order chi connectivity index (χ0) is 39.8. The molecule has 0 aromatic heterocycles. The summed E-state index contributed by atoms with van der Waals surface area (Å²) in [6, 6.07) is 24.9. The first-order chi connectivity index (χ1) is 26.9. The Morgan fingerprint density at radius 2 is 1.32 bits per heavy atom. The SMILES string of the molecule is CC(NS(=O)(=O)c1cccc(C(=O)Nc2ccc(N3CCCCC3)cc2C(=O)Nc2ccc(CCc3ccc(C(=O)O)cc3)cc2)c1)C1CCC(C(=O)O)CC1.O.O.O. The maximum absolute atomic E-state index is 13.9. The molecule has 1 atom stereocenters. The number of rotatable bonds is 14. The fourth-order valence-corrected chi connectivity index (χ4v) is 8.87. The molecule has 2 aliphatic rings. The quantitative estimate of drug-likeness (QED) is 0.117. The number of nitrogens with zero attached hydrogens (tertiary/aromatic N) is 1. The maximum Gasteiger partial charge on any atom is 0.335 e. The second kappa shape index (κ2) is 21.4. The van der Waals surface area contributed by atoms with E-state index in [1.807, 2.05) is 42.5 Å². The van der Waals surface area contributed by atoms with E-state index in [1.165, 1.54) is 24.3 Å². The van der Waals surface area contributed by atoms with Gasteiger partial charge in [0.1, 0.15) is 0 Å². The number of anilines is 3. The number of benzene rings is 4. The van der Waals surface area contributed by atoms with E-state index in [4.69, 9.17) is 5.11 Å². The number of carbonyl (C=O) groups excluding carboxylic acids is 2. The van der Waals surface area contributed by atoms with E-state index in [1.54, 1.807) is 31.2 Å². The van der Waals surface area contributed by atoms with Gasteiger partial charge in [0, 0.05) is 36.1 Å². The second-order valence-corrected chi connectivity index (χ2v) is 16.5. The molecule has 15 nitrogen and oxygen atoms in total. The zero-order valence-electron chi connectivity index (χ0n) is 32.9. The van der Waals surface area contributed by atoms with Crippen LogP contribution in [0.2, 0.25) is 0 Å². The summed E-state index contributed by atoms with van der Waals surface area (Å²) in [5.41, 5.74) is 4.37. The summed E-state index contributed by atoms with van der Waals surface area (Å²) in [6.07, 6.45) is 6.89. The van der Waals surface area contributed by atoms with Crippen molar-refractivity contribution in [1.82, 2.24) is 4.72 Å². The number of nitrogens with one attached hydrogen (secondary N) is 3. The maximum atomic E-state index is 13.9. The highest BCUT2D eigenvalue weighted by Crippen LogP contribution is 2.32. The average Bonchev–Trinajstić information content (AvgIpc) is 3.21. The van der Waals surface area contributed by atoms with Crippen molar-refractivity contribution in [3.8, 4) is 0 Å². The Labute approximate surface area is 343 Å². The van der Waals surface area contributed by atoms with E-state index in [-0.39, 0.29) is 49.6 Å². The predicted octanol–water partition coefficient (Wildman–Crippen LogP) is 4.75. The Morgan fingerprint density at radius 1 is 0.712 bits per heavy atom. The minimum absolute atomic E-state index is 0. The monoisotopic (exact) mass is 834 g/mol. The molecule has 11 N–H and O–H groups in total. The topological polar surface area (TPSA) is 277 Å². The molecule has 0 spiro atoms. The van der Waals surface area contributed by atoms with Crippen LogP contribution in [0.25, 0.3) is 0 Å². The first kappa shape index (κ1) is 47.7. The summed E-state index contributed by atoms with van der Waals surface area (Å²) in [7, 11) is -4.00. The predicted molar refractivity (Wildman–Crippen MR) is 226 cm³/mol. The highest BCUT2D eigenvalue weighted by Gasteiger charge is 2.31. The highest BCUT2D eigenvalue weighted by atomic mass is 32.2. The number of hydrogen-bond acceptors (Lipinski definition) is 7. The van der Waals surface area contributed by atoms with Crippen LogP contribution in [0, 0.1) is 11.8 Å². The second-order valence-electron chi connectivity index (χ2n) is 14.8. The van der Waals surface area contributed by atoms with E-state index in [9.17, 15) is 32.7 Å². The van der Waals surface area contributed by atoms with Gasteiger partial charge in [-0.25, -0.2) is 17.9 Å². The van der Waals surface area contributed by atoms with Gasteiger partial charge in [-0.3, -0.25) is 14.4 Å². The molecule has 0 radical (unpaired) electrons. The molecule has 2 fully saturated rings. The van der Waals surface area contributed by atoms with E-state index in [2.05, 4.69) is 20.3 Å². The Bertz CT molecular complexity index is 2170. The van der Waals surface area contributed by atoms with E-state index in [0.29, 0.717) is 31.4 Å². The Hall–Kier alpha value is -5.65. The normalized spacial score (nSPS) is 16.9. The van der Waals surface area contributed by atoms with Crippen LogP contribution >= 0.6 is 0 Å². The molecule has 59 heavy (non-hydrogen) atoms. The van der Waals surface area contributed by atoms with E-state index >= 15 is 0 Å². The molecule has 1 saturated carbocycles. The van der Waals surface area contributed by atoms with Gasteiger partial charge in [0.25, 0.3) is 11.8 Å². The van der Waals surface area contributed by atoms with Crippen molar-refractivity contribution < 1.29 is 54.2 Å². The van der Waals surface area contributed by atoms with Crippen LogP contribution in [-0.4, -0.2) is 77.9 Å². The largest absolute Gasteiger partial charge is 0.481 e. The number of amides is 2. The van der Waals surface area contributed by atoms with Gasteiger partial charge in [-0.15, -0.1) is 0 Å². The highest BCUT2D eigenvalue weighted by molar-refractivity contribution is 7.89. The number of aryl methyl sites for hydroxylation is 2. The van der Waals surface area contributed by atoms with Gasteiger partial charge in [-0.05, 0) is 142 Å². The van der Waals surface area contributed by atoms with Crippen LogP contribution in [0.15, 0.2) is 95.9 Å². The van der Waals surface area contributed by atoms with E-state index in [0.717, 1.165) is 62.0 Å². The molecule has 1 aliphatic heterocycles. The van der Waals surface area contributed by atoms with Crippen molar-refractivity contribution in [2.24, 2.45) is 11.8 Å². The van der Waals surface area contributed by atoms with Gasteiger partial charge in [0.05, 0.1) is 27.6 Å². The lowest BCUT2D eigenvalue weighted by atomic mass is 9.79. The summed E-state index contributed by atoms with van der Waals surface area (Å²) < 4.78 is 29.6. The number of sulfonamides is 1. The Kier molecular flexibility index (Phi) is 17.3. The molecular formula is C43H54N4O11S. The number of carboxylic acids is 2. The molecule has 1 unspecified atom stereocenters. The molecule has 2 amide bonds. The number of aliphatic carboxylic acids is 1. The van der Waals surface area contributed by atoms with Gasteiger partial charge in [0.2, 0.25) is 10.0 Å². The molecule has 1 saturated heterocycles. The summed E-state index contributed by atoms with van der Waals surface area (Å²) >= 11 is 0. The van der Waals surface area contributed by atoms with Crippen LogP contribution in [0.1, 0.15) is 94.1 Å². The molecule has 1 heterocycles. The number of carboxylic acid groups (broad SMARTS) is 2. The van der Waals surface area contributed by atoms with Crippen molar-refractivity contribution in [3.05, 3.63) is 119 Å². The van der Waals surface area contributed by atoms with Gasteiger partial charge in [0.15, 0.2) is 0 Å². The van der Waals surface area contributed by atoms with Crippen LogP contribution in [0.3, 0.4) is 0 Å². The number of aromatic carboxylic acids is 1. The number of piperidine rings is 1. The van der Waals surface area contributed by atoms with Crippen molar-refractivity contribution in [1.29, 1.82) is 0 Å². The van der Waals surface area contributed by atoms with Crippen LogP contribution in [0.5, 0.6) is 0 Å². The smallest absolute Gasteiger partial charge is 0.335 e. The molecular weight excluding hydrogens is 781 g/mol. The third-order valence-electron chi connectivity index (χ3n) is 10.9. The van der Waals surface area contributed by atoms with Crippen molar-refractivity contribution in [3.63, 3.8) is 0 Å². The van der Waals surface area contributed by atoms with Crippen LogP contribution in [-0.2, 0) is 27.7 Å². The Morgan fingerprint density at radius 3 is 1.92 bits per heavy atom. The summed E-state index contributed by atoms with van der Waals surface area (Å²) in [6.45, 7) is 3.49. The number of hydrogen-bond donors (Lipinski definition) is 5. The molecule has 4 aromatic rings. The van der Waals surface area contributed by atoms with Gasteiger partial charge in [-0.1, -0.05) is 30.3 Å².